The van der Waals surface area contributed by atoms with E-state index in [0.717, 1.165) is 5.39 Å². The summed E-state index contributed by atoms with van der Waals surface area (Å²) in [5, 5.41) is 6.46. The Labute approximate surface area is 220 Å². The molecule has 0 atom stereocenters. The fraction of sp³-hybridized carbons (Fsp3) is 0.207. The summed E-state index contributed by atoms with van der Waals surface area (Å²) < 4.78 is 16.5. The Bertz CT molecular complexity index is 1500. The van der Waals surface area contributed by atoms with Gasteiger partial charge in [0.2, 0.25) is 0 Å². The molecule has 0 aliphatic heterocycles. The summed E-state index contributed by atoms with van der Waals surface area (Å²) >= 11 is 5.28. The van der Waals surface area contributed by atoms with E-state index in [-0.39, 0.29) is 17.1 Å². The van der Waals surface area contributed by atoms with Gasteiger partial charge in [-0.25, -0.2) is 4.79 Å². The van der Waals surface area contributed by atoms with Crippen LogP contribution in [0.25, 0.3) is 22.1 Å². The number of ether oxygens (including phenoxy) is 2. The van der Waals surface area contributed by atoms with Crippen LogP contribution in [0.15, 0.2) is 82.0 Å². The van der Waals surface area contributed by atoms with Crippen molar-refractivity contribution in [1.29, 1.82) is 0 Å². The van der Waals surface area contributed by atoms with Crippen molar-refractivity contribution in [2.75, 3.05) is 19.0 Å². The quantitative estimate of drug-likeness (QED) is 0.253. The van der Waals surface area contributed by atoms with Crippen molar-refractivity contribution in [3.8, 4) is 22.6 Å². The van der Waals surface area contributed by atoms with Gasteiger partial charge in [-0.2, -0.15) is 0 Å². The highest BCUT2D eigenvalue weighted by Gasteiger charge is 2.15. The molecule has 0 radical (unpaired) electrons. The maximum absolute atomic E-state index is 12.6. The maximum atomic E-state index is 12.6. The summed E-state index contributed by atoms with van der Waals surface area (Å²) in [5.41, 5.74) is 2.80. The number of hydrogen-bond donors (Lipinski definition) is 2. The van der Waals surface area contributed by atoms with Crippen molar-refractivity contribution < 1.29 is 18.7 Å². The van der Waals surface area contributed by atoms with E-state index in [1.54, 1.807) is 30.3 Å². The highest BCUT2D eigenvalue weighted by atomic mass is 32.1. The normalized spacial score (nSPS) is 11.1. The number of thiocarbonyl (C=S) groups is 1. The van der Waals surface area contributed by atoms with Crippen LogP contribution >= 0.6 is 12.2 Å². The van der Waals surface area contributed by atoms with Crippen molar-refractivity contribution in [3.05, 3.63) is 88.8 Å². The highest BCUT2D eigenvalue weighted by Crippen LogP contribution is 2.32. The molecule has 4 rings (SSSR count). The number of para-hydroxylation sites is 1. The van der Waals surface area contributed by atoms with Crippen LogP contribution in [0.3, 0.4) is 0 Å². The first kappa shape index (κ1) is 25.9. The zero-order chi connectivity index (χ0) is 26.6. The van der Waals surface area contributed by atoms with Gasteiger partial charge in [-0.05, 0) is 59.6 Å². The van der Waals surface area contributed by atoms with Crippen molar-refractivity contribution >= 4 is 39.9 Å². The number of methoxy groups -OCH3 is 1. The Hall–Kier alpha value is -4.17. The lowest BCUT2D eigenvalue weighted by atomic mass is 9.87. The average molecular weight is 517 g/mol. The monoisotopic (exact) mass is 516 g/mol. The molecule has 0 aliphatic carbocycles. The average Bonchev–Trinajstić information content (AvgIpc) is 2.86. The highest BCUT2D eigenvalue weighted by molar-refractivity contribution is 7.80. The lowest BCUT2D eigenvalue weighted by Gasteiger charge is -2.19. The first-order valence-electron chi connectivity index (χ1n) is 11.7. The zero-order valence-electron chi connectivity index (χ0n) is 21.1. The van der Waals surface area contributed by atoms with Gasteiger partial charge >= 0.3 is 5.63 Å². The van der Waals surface area contributed by atoms with Crippen LogP contribution in [-0.4, -0.2) is 24.7 Å². The minimum atomic E-state index is -0.464. The first-order chi connectivity index (χ1) is 17.6. The minimum absolute atomic E-state index is 0.0384. The molecule has 0 unspecified atom stereocenters. The van der Waals surface area contributed by atoms with Gasteiger partial charge < -0.3 is 19.2 Å². The van der Waals surface area contributed by atoms with Crippen LogP contribution in [0.1, 0.15) is 26.3 Å². The maximum Gasteiger partial charge on any atom is 0.344 e. The molecule has 0 saturated heterocycles. The second kappa shape index (κ2) is 10.8. The molecule has 2 N–H and O–H groups in total. The lowest BCUT2D eigenvalue weighted by molar-refractivity contribution is -0.121. The summed E-state index contributed by atoms with van der Waals surface area (Å²) in [6.07, 6.45) is 0. The van der Waals surface area contributed by atoms with E-state index in [2.05, 4.69) is 31.4 Å². The van der Waals surface area contributed by atoms with E-state index in [9.17, 15) is 9.59 Å². The molecule has 0 aliphatic rings. The van der Waals surface area contributed by atoms with Gasteiger partial charge in [0, 0.05) is 22.7 Å². The summed E-state index contributed by atoms with van der Waals surface area (Å²) in [6, 6.07) is 21.9. The van der Waals surface area contributed by atoms with Gasteiger partial charge in [0.15, 0.2) is 11.7 Å². The molecule has 1 amide bonds. The molecule has 190 valence electrons. The number of rotatable bonds is 6. The van der Waals surface area contributed by atoms with E-state index in [1.165, 1.54) is 12.7 Å². The number of anilines is 1. The second-order valence-corrected chi connectivity index (χ2v) is 9.87. The largest absolute Gasteiger partial charge is 0.496 e. The summed E-state index contributed by atoms with van der Waals surface area (Å²) in [5.74, 6) is 0.652. The van der Waals surface area contributed by atoms with E-state index < -0.39 is 11.5 Å². The SMILES string of the molecule is COc1cc(NC(=S)NC(=O)COc2ccc(C(C)(C)C)cc2)ccc1-c1cc2ccccc2oc1=O. The number of fused-ring (bicyclic) bond motifs is 1. The third kappa shape index (κ3) is 6.34. The van der Waals surface area contributed by atoms with Crippen LogP contribution in [0, 0.1) is 0 Å². The van der Waals surface area contributed by atoms with Crippen molar-refractivity contribution in [2.24, 2.45) is 0 Å². The number of carbonyl (C=O) groups excluding carboxylic acids is 1. The standard InChI is InChI=1S/C29H28N2O5S/c1-29(2,3)19-9-12-21(13-10-19)35-17-26(32)31-28(37)30-20-11-14-22(25(16-20)34-4)23-15-18-7-5-6-8-24(18)36-27(23)33/h5-16H,17H2,1-4H3,(H2,30,31,32,37). The molecule has 3 aromatic carbocycles. The number of nitrogens with one attached hydrogen (secondary N) is 2. The van der Waals surface area contributed by atoms with Crippen molar-refractivity contribution in [1.82, 2.24) is 5.32 Å². The van der Waals surface area contributed by atoms with Crippen LogP contribution < -0.4 is 25.7 Å². The summed E-state index contributed by atoms with van der Waals surface area (Å²) in [7, 11) is 1.51. The summed E-state index contributed by atoms with van der Waals surface area (Å²) in [4.78, 5) is 24.9. The van der Waals surface area contributed by atoms with Crippen LogP contribution in [0.5, 0.6) is 11.5 Å². The molecule has 7 nitrogen and oxygen atoms in total. The zero-order valence-corrected chi connectivity index (χ0v) is 21.9. The Kier molecular flexibility index (Phi) is 7.59. The van der Waals surface area contributed by atoms with Crippen molar-refractivity contribution in [3.63, 3.8) is 0 Å². The molecule has 0 fully saturated rings. The second-order valence-electron chi connectivity index (χ2n) is 9.47. The van der Waals surface area contributed by atoms with Gasteiger partial charge in [0.25, 0.3) is 5.91 Å². The Morgan fingerprint density at radius 1 is 0.973 bits per heavy atom. The third-order valence-corrected chi connectivity index (χ3v) is 5.94. The Morgan fingerprint density at radius 3 is 2.41 bits per heavy atom. The topological polar surface area (TPSA) is 89.8 Å². The van der Waals surface area contributed by atoms with Gasteiger partial charge in [-0.1, -0.05) is 51.1 Å². The molecule has 4 aromatic rings. The van der Waals surface area contributed by atoms with E-state index in [0.29, 0.717) is 33.9 Å². The van der Waals surface area contributed by atoms with Gasteiger partial charge in [0.05, 0.1) is 12.7 Å². The van der Waals surface area contributed by atoms with E-state index in [4.69, 9.17) is 26.1 Å². The molecule has 0 spiro atoms. The van der Waals surface area contributed by atoms with E-state index in [1.807, 2.05) is 42.5 Å². The molecule has 0 bridgehead atoms. The number of carbonyl (C=O) groups is 1. The van der Waals surface area contributed by atoms with Crippen molar-refractivity contribution in [2.45, 2.75) is 26.2 Å². The predicted octanol–water partition coefficient (Wildman–Crippen LogP) is 5.66. The molecular formula is C29H28N2O5S. The van der Waals surface area contributed by atoms with Gasteiger partial charge in [0.1, 0.15) is 17.1 Å². The Balaban J connectivity index is 1.39. The van der Waals surface area contributed by atoms with Gasteiger partial charge in [-0.3, -0.25) is 10.1 Å². The van der Waals surface area contributed by atoms with Gasteiger partial charge in [-0.15, -0.1) is 0 Å². The molecule has 8 heteroatoms. The van der Waals surface area contributed by atoms with Crippen LogP contribution in [0.4, 0.5) is 5.69 Å². The molecular weight excluding hydrogens is 488 g/mol. The fourth-order valence-electron chi connectivity index (χ4n) is 3.77. The number of hydrogen-bond acceptors (Lipinski definition) is 6. The first-order valence-corrected chi connectivity index (χ1v) is 12.1. The predicted molar refractivity (Wildman–Crippen MR) is 149 cm³/mol. The number of amides is 1. The number of benzene rings is 3. The Morgan fingerprint density at radius 2 is 1.70 bits per heavy atom. The summed E-state index contributed by atoms with van der Waals surface area (Å²) in [6.45, 7) is 6.21. The van der Waals surface area contributed by atoms with E-state index >= 15 is 0 Å². The lowest BCUT2D eigenvalue weighted by Crippen LogP contribution is -2.37. The molecule has 0 saturated carbocycles. The molecule has 1 heterocycles. The molecule has 37 heavy (non-hydrogen) atoms. The third-order valence-electron chi connectivity index (χ3n) is 5.73. The van der Waals surface area contributed by atoms with Crippen LogP contribution in [0.2, 0.25) is 0 Å². The van der Waals surface area contributed by atoms with Crippen LogP contribution in [-0.2, 0) is 10.2 Å². The fourth-order valence-corrected chi connectivity index (χ4v) is 4.00. The molecule has 1 aromatic heterocycles. The smallest absolute Gasteiger partial charge is 0.344 e. The minimum Gasteiger partial charge on any atom is -0.496 e.